The quantitative estimate of drug-likeness (QED) is 0.402. The fraction of sp³-hybridized carbons (Fsp3) is 0. The van der Waals surface area contributed by atoms with E-state index in [0.717, 1.165) is 4.90 Å². The summed E-state index contributed by atoms with van der Waals surface area (Å²) in [5.74, 6) is 7.36. The first-order chi connectivity index (χ1) is 7.29. The summed E-state index contributed by atoms with van der Waals surface area (Å²) in [6.07, 6.45) is 5.55. The van der Waals surface area contributed by atoms with Crippen molar-refractivity contribution >= 4 is 29.9 Å². The van der Waals surface area contributed by atoms with E-state index in [2.05, 4.69) is 16.7 Å². The number of pyridine rings is 1. The number of nitrogens with two attached hydrogens (primary N) is 2. The SMILES string of the molecule is Cl.NN.O=C1C=CC(=O)N1c1cccnc1. The number of nitrogens with zero attached hydrogens (tertiary/aromatic N) is 2. The second-order valence-electron chi connectivity index (χ2n) is 2.56. The maximum Gasteiger partial charge on any atom is 0.258 e. The topological polar surface area (TPSA) is 102 Å². The van der Waals surface area contributed by atoms with E-state index in [1.165, 1.54) is 18.3 Å². The van der Waals surface area contributed by atoms with Gasteiger partial charge in [0.2, 0.25) is 0 Å². The lowest BCUT2D eigenvalue weighted by Gasteiger charge is -2.11. The summed E-state index contributed by atoms with van der Waals surface area (Å²) in [5, 5.41) is 0. The van der Waals surface area contributed by atoms with Crippen molar-refractivity contribution in [1.29, 1.82) is 0 Å². The third kappa shape index (κ3) is 2.86. The Morgan fingerprint density at radius 3 is 2.12 bits per heavy atom. The van der Waals surface area contributed by atoms with Crippen molar-refractivity contribution in [2.45, 2.75) is 0 Å². The second kappa shape index (κ2) is 6.67. The zero-order chi connectivity index (χ0) is 11.3. The molecule has 0 fully saturated rings. The average Bonchev–Trinajstić information content (AvgIpc) is 2.63. The Bertz CT molecular complexity index is 376. The van der Waals surface area contributed by atoms with Gasteiger partial charge in [-0.25, -0.2) is 4.90 Å². The summed E-state index contributed by atoms with van der Waals surface area (Å²) >= 11 is 0. The minimum absolute atomic E-state index is 0. The van der Waals surface area contributed by atoms with Crippen molar-refractivity contribution in [3.05, 3.63) is 36.7 Å². The van der Waals surface area contributed by atoms with Crippen LogP contribution in [0.15, 0.2) is 36.7 Å². The largest absolute Gasteiger partial charge is 0.274 e. The number of aromatic nitrogens is 1. The van der Waals surface area contributed by atoms with Gasteiger partial charge in [-0.15, -0.1) is 12.4 Å². The van der Waals surface area contributed by atoms with Gasteiger partial charge in [-0.3, -0.25) is 26.3 Å². The van der Waals surface area contributed by atoms with E-state index >= 15 is 0 Å². The molecular formula is C9H11ClN4O2. The molecule has 7 heteroatoms. The van der Waals surface area contributed by atoms with E-state index in [1.807, 2.05) is 0 Å². The van der Waals surface area contributed by atoms with Crippen LogP contribution in [-0.4, -0.2) is 16.8 Å². The van der Waals surface area contributed by atoms with E-state index < -0.39 is 0 Å². The molecule has 0 aromatic carbocycles. The van der Waals surface area contributed by atoms with E-state index in [-0.39, 0.29) is 24.2 Å². The average molecular weight is 243 g/mol. The first-order valence-electron chi connectivity index (χ1n) is 4.08. The molecule has 2 amide bonds. The van der Waals surface area contributed by atoms with Crippen LogP contribution in [0.3, 0.4) is 0 Å². The van der Waals surface area contributed by atoms with Crippen molar-refractivity contribution < 1.29 is 9.59 Å². The normalized spacial score (nSPS) is 13.0. The van der Waals surface area contributed by atoms with Crippen LogP contribution in [0.4, 0.5) is 5.69 Å². The summed E-state index contributed by atoms with van der Waals surface area (Å²) in [6.45, 7) is 0. The first kappa shape index (κ1) is 14.2. The molecule has 1 aliphatic heterocycles. The summed E-state index contributed by atoms with van der Waals surface area (Å²) < 4.78 is 0. The van der Waals surface area contributed by atoms with Crippen LogP contribution in [0, 0.1) is 0 Å². The van der Waals surface area contributed by atoms with Gasteiger partial charge in [-0.1, -0.05) is 0 Å². The van der Waals surface area contributed by atoms with Crippen LogP contribution in [0.25, 0.3) is 0 Å². The Morgan fingerprint density at radius 2 is 1.69 bits per heavy atom. The van der Waals surface area contributed by atoms with Crippen LogP contribution in [0.2, 0.25) is 0 Å². The van der Waals surface area contributed by atoms with E-state index in [9.17, 15) is 9.59 Å². The van der Waals surface area contributed by atoms with Gasteiger partial charge in [0.1, 0.15) is 0 Å². The molecular weight excluding hydrogens is 232 g/mol. The molecule has 0 aliphatic carbocycles. The molecule has 2 heterocycles. The highest BCUT2D eigenvalue weighted by molar-refractivity contribution is 6.28. The number of hydrogen-bond donors (Lipinski definition) is 2. The molecule has 0 bridgehead atoms. The smallest absolute Gasteiger partial charge is 0.258 e. The Balaban J connectivity index is 0.000000711. The monoisotopic (exact) mass is 242 g/mol. The minimum atomic E-state index is -0.321. The summed E-state index contributed by atoms with van der Waals surface area (Å²) in [5.41, 5.74) is 0.502. The van der Waals surface area contributed by atoms with Crippen LogP contribution in [0.1, 0.15) is 0 Å². The number of imide groups is 1. The fourth-order valence-electron chi connectivity index (χ4n) is 1.14. The highest BCUT2D eigenvalue weighted by Gasteiger charge is 2.24. The number of rotatable bonds is 1. The number of hydrogen-bond acceptors (Lipinski definition) is 5. The van der Waals surface area contributed by atoms with Crippen molar-refractivity contribution in [2.75, 3.05) is 4.90 Å². The van der Waals surface area contributed by atoms with Gasteiger partial charge in [0.15, 0.2) is 0 Å². The molecule has 0 unspecified atom stereocenters. The standard InChI is InChI=1S/C9H6N2O2.ClH.H4N2/c12-8-3-4-9(13)11(8)7-2-1-5-10-6-7;;1-2/h1-6H;1H;1-2H2. The molecule has 4 N–H and O–H groups in total. The highest BCUT2D eigenvalue weighted by Crippen LogP contribution is 2.16. The summed E-state index contributed by atoms with van der Waals surface area (Å²) in [4.78, 5) is 27.3. The highest BCUT2D eigenvalue weighted by atomic mass is 35.5. The number of carbonyl (C=O) groups is 2. The van der Waals surface area contributed by atoms with Gasteiger partial charge in [-0.05, 0) is 12.1 Å². The Kier molecular flexibility index (Phi) is 5.94. The van der Waals surface area contributed by atoms with Crippen molar-refractivity contribution in [3.8, 4) is 0 Å². The van der Waals surface area contributed by atoms with Crippen LogP contribution in [0.5, 0.6) is 0 Å². The van der Waals surface area contributed by atoms with E-state index in [1.54, 1.807) is 18.3 Å². The number of anilines is 1. The molecule has 1 aliphatic rings. The summed E-state index contributed by atoms with van der Waals surface area (Å²) in [7, 11) is 0. The lowest BCUT2D eigenvalue weighted by molar-refractivity contribution is -0.119. The molecule has 6 nitrogen and oxygen atoms in total. The van der Waals surface area contributed by atoms with Gasteiger partial charge in [0.25, 0.3) is 11.8 Å². The third-order valence-electron chi connectivity index (χ3n) is 1.71. The molecule has 0 saturated carbocycles. The molecule has 1 aromatic rings. The second-order valence-corrected chi connectivity index (χ2v) is 2.56. The van der Waals surface area contributed by atoms with Gasteiger partial charge >= 0.3 is 0 Å². The third-order valence-corrected chi connectivity index (χ3v) is 1.71. The van der Waals surface area contributed by atoms with E-state index in [4.69, 9.17) is 0 Å². The Morgan fingerprint density at radius 1 is 1.12 bits per heavy atom. The molecule has 0 saturated heterocycles. The van der Waals surface area contributed by atoms with E-state index in [0.29, 0.717) is 5.69 Å². The van der Waals surface area contributed by atoms with Crippen LogP contribution >= 0.6 is 12.4 Å². The number of carbonyl (C=O) groups excluding carboxylic acids is 2. The zero-order valence-electron chi connectivity index (χ0n) is 8.24. The van der Waals surface area contributed by atoms with Crippen molar-refractivity contribution in [2.24, 2.45) is 11.7 Å². The predicted octanol–water partition coefficient (Wildman–Crippen LogP) is -0.248. The Hall–Kier alpha value is -1.76. The molecule has 2 rings (SSSR count). The predicted molar refractivity (Wildman–Crippen MR) is 61.5 cm³/mol. The maximum atomic E-state index is 11.2. The van der Waals surface area contributed by atoms with Crippen LogP contribution < -0.4 is 16.6 Å². The van der Waals surface area contributed by atoms with Gasteiger partial charge in [0, 0.05) is 18.3 Å². The molecule has 0 atom stereocenters. The lowest BCUT2D eigenvalue weighted by atomic mass is 10.4. The molecule has 0 radical (unpaired) electrons. The number of amides is 2. The summed E-state index contributed by atoms with van der Waals surface area (Å²) in [6, 6.07) is 3.34. The minimum Gasteiger partial charge on any atom is -0.274 e. The molecule has 16 heavy (non-hydrogen) atoms. The zero-order valence-corrected chi connectivity index (χ0v) is 9.05. The van der Waals surface area contributed by atoms with Crippen LogP contribution in [-0.2, 0) is 9.59 Å². The molecule has 0 spiro atoms. The number of hydrazine groups is 1. The maximum absolute atomic E-state index is 11.2. The number of halogens is 1. The molecule has 86 valence electrons. The fourth-order valence-corrected chi connectivity index (χ4v) is 1.14. The van der Waals surface area contributed by atoms with Crippen molar-refractivity contribution in [3.63, 3.8) is 0 Å². The Labute approximate surface area is 98.3 Å². The van der Waals surface area contributed by atoms with Gasteiger partial charge < -0.3 is 0 Å². The van der Waals surface area contributed by atoms with Gasteiger partial charge in [0.05, 0.1) is 11.9 Å². The molecule has 1 aromatic heterocycles. The lowest BCUT2D eigenvalue weighted by Crippen LogP contribution is -2.29. The van der Waals surface area contributed by atoms with Gasteiger partial charge in [-0.2, -0.15) is 0 Å². The van der Waals surface area contributed by atoms with Crippen molar-refractivity contribution in [1.82, 2.24) is 4.98 Å². The first-order valence-corrected chi connectivity index (χ1v) is 4.08.